The van der Waals surface area contributed by atoms with E-state index >= 15 is 0 Å². The van der Waals surface area contributed by atoms with Gasteiger partial charge in [0.05, 0.1) is 0 Å². The van der Waals surface area contributed by atoms with Crippen molar-refractivity contribution >= 4 is 15.9 Å². The molecule has 72 valence electrons. The number of hydrogen-bond acceptors (Lipinski definition) is 1. The van der Waals surface area contributed by atoms with Crippen LogP contribution in [0.25, 0.3) is 0 Å². The SMILES string of the molecule is CC(N)CCc1cc(Br)ccc1F. The van der Waals surface area contributed by atoms with E-state index in [1.807, 2.05) is 6.92 Å². The van der Waals surface area contributed by atoms with Gasteiger partial charge < -0.3 is 5.73 Å². The summed E-state index contributed by atoms with van der Waals surface area (Å²) >= 11 is 3.31. The maximum Gasteiger partial charge on any atom is 0.126 e. The smallest absolute Gasteiger partial charge is 0.126 e. The summed E-state index contributed by atoms with van der Waals surface area (Å²) in [5.74, 6) is -0.149. The zero-order valence-corrected chi connectivity index (χ0v) is 9.14. The average molecular weight is 246 g/mol. The molecule has 0 bridgehead atoms. The quantitative estimate of drug-likeness (QED) is 0.871. The van der Waals surface area contributed by atoms with Crippen molar-refractivity contribution in [3.05, 3.63) is 34.1 Å². The first-order valence-electron chi connectivity index (χ1n) is 4.29. The minimum absolute atomic E-state index is 0.124. The molecule has 1 aromatic carbocycles. The third-order valence-electron chi connectivity index (χ3n) is 1.88. The maximum absolute atomic E-state index is 13.2. The lowest BCUT2D eigenvalue weighted by Crippen LogP contribution is -2.15. The molecule has 1 atom stereocenters. The molecule has 0 aliphatic carbocycles. The molecule has 0 radical (unpaired) electrons. The Kier molecular flexibility index (Phi) is 3.88. The summed E-state index contributed by atoms with van der Waals surface area (Å²) < 4.78 is 14.1. The minimum Gasteiger partial charge on any atom is -0.328 e. The summed E-state index contributed by atoms with van der Waals surface area (Å²) in [5, 5.41) is 0. The molecule has 1 unspecified atom stereocenters. The number of hydrogen-bond donors (Lipinski definition) is 1. The highest BCUT2D eigenvalue weighted by molar-refractivity contribution is 9.10. The van der Waals surface area contributed by atoms with Crippen LogP contribution in [0.1, 0.15) is 18.9 Å². The fourth-order valence-electron chi connectivity index (χ4n) is 1.12. The summed E-state index contributed by atoms with van der Waals surface area (Å²) in [6.07, 6.45) is 1.51. The van der Waals surface area contributed by atoms with Crippen LogP contribution < -0.4 is 5.73 Å². The second kappa shape index (κ2) is 4.72. The summed E-state index contributed by atoms with van der Waals surface area (Å²) in [6, 6.07) is 5.10. The van der Waals surface area contributed by atoms with Gasteiger partial charge in [-0.2, -0.15) is 0 Å². The van der Waals surface area contributed by atoms with E-state index in [-0.39, 0.29) is 11.9 Å². The lowest BCUT2D eigenvalue weighted by Gasteiger charge is -2.06. The van der Waals surface area contributed by atoms with Gasteiger partial charge in [0, 0.05) is 10.5 Å². The van der Waals surface area contributed by atoms with Crippen LogP contribution in [0.4, 0.5) is 4.39 Å². The average Bonchev–Trinajstić information content (AvgIpc) is 2.06. The van der Waals surface area contributed by atoms with Crippen molar-refractivity contribution in [2.75, 3.05) is 0 Å². The van der Waals surface area contributed by atoms with Gasteiger partial charge in [-0.3, -0.25) is 0 Å². The van der Waals surface area contributed by atoms with Crippen LogP contribution in [0, 0.1) is 5.82 Å². The molecule has 0 heterocycles. The molecule has 2 N–H and O–H groups in total. The lowest BCUT2D eigenvalue weighted by atomic mass is 10.1. The predicted molar refractivity (Wildman–Crippen MR) is 56.1 cm³/mol. The van der Waals surface area contributed by atoms with Gasteiger partial charge in [-0.25, -0.2) is 4.39 Å². The topological polar surface area (TPSA) is 26.0 Å². The minimum atomic E-state index is -0.149. The lowest BCUT2D eigenvalue weighted by molar-refractivity contribution is 0.590. The number of aryl methyl sites for hydroxylation is 1. The van der Waals surface area contributed by atoms with E-state index in [0.717, 1.165) is 16.5 Å². The first-order valence-corrected chi connectivity index (χ1v) is 5.08. The molecule has 0 aliphatic heterocycles. The Labute approximate surface area is 86.3 Å². The van der Waals surface area contributed by atoms with Gasteiger partial charge in [0.25, 0.3) is 0 Å². The molecule has 0 aromatic heterocycles. The van der Waals surface area contributed by atoms with Crippen molar-refractivity contribution in [1.29, 1.82) is 0 Å². The van der Waals surface area contributed by atoms with Crippen molar-refractivity contribution in [2.24, 2.45) is 5.73 Å². The van der Waals surface area contributed by atoms with Crippen molar-refractivity contribution < 1.29 is 4.39 Å². The van der Waals surface area contributed by atoms with E-state index in [1.54, 1.807) is 12.1 Å². The van der Waals surface area contributed by atoms with E-state index in [0.29, 0.717) is 6.42 Å². The molecule has 13 heavy (non-hydrogen) atoms. The van der Waals surface area contributed by atoms with Gasteiger partial charge in [-0.15, -0.1) is 0 Å². The van der Waals surface area contributed by atoms with E-state index in [1.165, 1.54) is 6.07 Å². The molecular weight excluding hydrogens is 233 g/mol. The van der Waals surface area contributed by atoms with Crippen LogP contribution in [0.5, 0.6) is 0 Å². The zero-order chi connectivity index (χ0) is 9.84. The summed E-state index contributed by atoms with van der Waals surface area (Å²) in [4.78, 5) is 0. The van der Waals surface area contributed by atoms with Crippen molar-refractivity contribution in [3.63, 3.8) is 0 Å². The Balaban J connectivity index is 2.70. The van der Waals surface area contributed by atoms with E-state index in [4.69, 9.17) is 5.73 Å². The Bertz CT molecular complexity index is 286. The second-order valence-electron chi connectivity index (χ2n) is 3.25. The van der Waals surface area contributed by atoms with E-state index in [9.17, 15) is 4.39 Å². The molecule has 0 fully saturated rings. The number of benzene rings is 1. The first-order chi connectivity index (χ1) is 6.09. The van der Waals surface area contributed by atoms with Crippen LogP contribution >= 0.6 is 15.9 Å². The molecule has 3 heteroatoms. The van der Waals surface area contributed by atoms with Gasteiger partial charge in [-0.1, -0.05) is 15.9 Å². The third-order valence-corrected chi connectivity index (χ3v) is 2.37. The van der Waals surface area contributed by atoms with Crippen LogP contribution in [0.3, 0.4) is 0 Å². The van der Waals surface area contributed by atoms with Crippen LogP contribution in [-0.4, -0.2) is 6.04 Å². The molecule has 0 aliphatic rings. The van der Waals surface area contributed by atoms with Crippen LogP contribution in [0.15, 0.2) is 22.7 Å². The van der Waals surface area contributed by atoms with Gasteiger partial charge in [-0.05, 0) is 43.5 Å². The molecule has 0 saturated heterocycles. The maximum atomic E-state index is 13.2. The molecule has 1 aromatic rings. The fourth-order valence-corrected chi connectivity index (χ4v) is 1.53. The normalized spacial score (nSPS) is 12.9. The van der Waals surface area contributed by atoms with Crippen LogP contribution in [0.2, 0.25) is 0 Å². The van der Waals surface area contributed by atoms with Crippen molar-refractivity contribution in [1.82, 2.24) is 0 Å². The summed E-state index contributed by atoms with van der Waals surface area (Å²) in [6.45, 7) is 1.93. The monoisotopic (exact) mass is 245 g/mol. The standard InChI is InChI=1S/C10H13BrFN/c1-7(13)2-3-8-6-9(11)4-5-10(8)12/h4-7H,2-3,13H2,1H3. The van der Waals surface area contributed by atoms with E-state index in [2.05, 4.69) is 15.9 Å². The van der Waals surface area contributed by atoms with Gasteiger partial charge >= 0.3 is 0 Å². The molecular formula is C10H13BrFN. The highest BCUT2D eigenvalue weighted by Gasteiger charge is 2.03. The Morgan fingerprint density at radius 1 is 1.54 bits per heavy atom. The largest absolute Gasteiger partial charge is 0.328 e. The fraction of sp³-hybridized carbons (Fsp3) is 0.400. The van der Waals surface area contributed by atoms with Gasteiger partial charge in [0.1, 0.15) is 5.82 Å². The highest BCUT2D eigenvalue weighted by atomic mass is 79.9. The van der Waals surface area contributed by atoms with Crippen molar-refractivity contribution in [2.45, 2.75) is 25.8 Å². The number of nitrogens with two attached hydrogens (primary N) is 1. The van der Waals surface area contributed by atoms with Crippen LogP contribution in [-0.2, 0) is 6.42 Å². The van der Waals surface area contributed by atoms with Gasteiger partial charge in [0.2, 0.25) is 0 Å². The Morgan fingerprint density at radius 3 is 2.85 bits per heavy atom. The highest BCUT2D eigenvalue weighted by Crippen LogP contribution is 2.17. The first kappa shape index (κ1) is 10.7. The predicted octanol–water partition coefficient (Wildman–Crippen LogP) is 2.87. The number of rotatable bonds is 3. The molecule has 0 spiro atoms. The summed E-state index contributed by atoms with van der Waals surface area (Å²) in [7, 11) is 0. The Morgan fingerprint density at radius 2 is 2.23 bits per heavy atom. The summed E-state index contributed by atoms with van der Waals surface area (Å²) in [5.41, 5.74) is 6.32. The Hall–Kier alpha value is -0.410. The number of halogens is 2. The third kappa shape index (κ3) is 3.44. The molecule has 0 saturated carbocycles. The molecule has 1 rings (SSSR count). The van der Waals surface area contributed by atoms with Crippen molar-refractivity contribution in [3.8, 4) is 0 Å². The van der Waals surface area contributed by atoms with E-state index < -0.39 is 0 Å². The van der Waals surface area contributed by atoms with Gasteiger partial charge in [0.15, 0.2) is 0 Å². The zero-order valence-electron chi connectivity index (χ0n) is 7.56. The molecule has 1 nitrogen and oxygen atoms in total. The second-order valence-corrected chi connectivity index (χ2v) is 4.17. The molecule has 0 amide bonds.